The predicted molar refractivity (Wildman–Crippen MR) is 129 cm³/mol. The molecule has 2 heterocycles. The quantitative estimate of drug-likeness (QED) is 0.389. The number of aryl methyl sites for hydroxylation is 3. The van der Waals surface area contributed by atoms with Crippen molar-refractivity contribution in [3.63, 3.8) is 0 Å². The normalized spacial score (nSPS) is 16.3. The fourth-order valence-electron chi connectivity index (χ4n) is 4.72. The van der Waals surface area contributed by atoms with Gasteiger partial charge in [0, 0.05) is 32.0 Å². The average molecular weight is 434 g/mol. The van der Waals surface area contributed by atoms with Crippen LogP contribution in [0.1, 0.15) is 61.9 Å². The van der Waals surface area contributed by atoms with E-state index in [-0.39, 0.29) is 11.8 Å². The summed E-state index contributed by atoms with van der Waals surface area (Å²) >= 11 is 0. The Morgan fingerprint density at radius 2 is 1.78 bits per heavy atom. The molecule has 32 heavy (non-hydrogen) atoms. The first-order valence-corrected chi connectivity index (χ1v) is 12.0. The van der Waals surface area contributed by atoms with Crippen LogP contribution in [0.25, 0.3) is 11.0 Å². The maximum atomic E-state index is 12.6. The van der Waals surface area contributed by atoms with E-state index in [2.05, 4.69) is 61.7 Å². The third kappa shape index (κ3) is 4.82. The number of ether oxygens (including phenoxy) is 1. The molecule has 1 amide bonds. The highest BCUT2D eigenvalue weighted by molar-refractivity contribution is 5.80. The second kappa shape index (κ2) is 10.2. The Balaban J connectivity index is 1.42. The molecule has 5 nitrogen and oxygen atoms in total. The number of benzene rings is 2. The standard InChI is InChI=1S/C27H35N3O2/c1-4-5-15-29-19-22(18-25(29)31)27-28-23-13-6-7-14-24(23)30(27)16-8-9-17-32-26-20(2)11-10-12-21(26)3/h6-7,10-14,22H,4-5,8-9,15-19H2,1-3H3/t22-/m1/s1. The van der Waals surface area contributed by atoms with Gasteiger partial charge >= 0.3 is 0 Å². The molecule has 1 aromatic heterocycles. The van der Waals surface area contributed by atoms with Gasteiger partial charge in [-0.1, -0.05) is 43.7 Å². The number of unbranched alkanes of at least 4 members (excludes halogenated alkanes) is 2. The van der Waals surface area contributed by atoms with Crippen LogP contribution >= 0.6 is 0 Å². The van der Waals surface area contributed by atoms with Crippen molar-refractivity contribution in [2.75, 3.05) is 19.7 Å². The molecule has 1 atom stereocenters. The number of carbonyl (C=O) groups excluding carboxylic acids is 1. The van der Waals surface area contributed by atoms with E-state index in [0.29, 0.717) is 13.0 Å². The fourth-order valence-corrected chi connectivity index (χ4v) is 4.72. The summed E-state index contributed by atoms with van der Waals surface area (Å²) in [5, 5.41) is 0. The summed E-state index contributed by atoms with van der Waals surface area (Å²) in [4.78, 5) is 19.5. The maximum absolute atomic E-state index is 12.6. The zero-order valence-electron chi connectivity index (χ0n) is 19.6. The number of hydrogen-bond acceptors (Lipinski definition) is 3. The molecule has 5 heteroatoms. The van der Waals surface area contributed by atoms with Crippen molar-refractivity contribution < 1.29 is 9.53 Å². The molecular formula is C27H35N3O2. The fraction of sp³-hybridized carbons (Fsp3) is 0.481. The molecule has 2 aromatic carbocycles. The van der Waals surface area contributed by atoms with E-state index in [4.69, 9.17) is 9.72 Å². The Kier molecular flexibility index (Phi) is 7.13. The minimum Gasteiger partial charge on any atom is -0.493 e. The molecule has 1 aliphatic rings. The summed E-state index contributed by atoms with van der Waals surface area (Å²) in [6.45, 7) is 9.62. The highest BCUT2D eigenvalue weighted by atomic mass is 16.5. The summed E-state index contributed by atoms with van der Waals surface area (Å²) in [5.41, 5.74) is 4.56. The number of fused-ring (bicyclic) bond motifs is 1. The van der Waals surface area contributed by atoms with Crippen LogP contribution in [0.4, 0.5) is 0 Å². The Hall–Kier alpha value is -2.82. The van der Waals surface area contributed by atoms with Gasteiger partial charge in [-0.2, -0.15) is 0 Å². The Morgan fingerprint density at radius 1 is 1.00 bits per heavy atom. The number of nitrogens with zero attached hydrogens (tertiary/aromatic N) is 3. The number of aromatic nitrogens is 2. The van der Waals surface area contributed by atoms with Crippen LogP contribution in [-0.4, -0.2) is 40.1 Å². The zero-order valence-corrected chi connectivity index (χ0v) is 19.6. The summed E-state index contributed by atoms with van der Waals surface area (Å²) in [5.74, 6) is 2.52. The van der Waals surface area contributed by atoms with Gasteiger partial charge in [0.25, 0.3) is 0 Å². The largest absolute Gasteiger partial charge is 0.493 e. The third-order valence-corrected chi connectivity index (χ3v) is 6.48. The lowest BCUT2D eigenvalue weighted by atomic mass is 10.1. The molecule has 1 saturated heterocycles. The van der Waals surface area contributed by atoms with Crippen molar-refractivity contribution in [1.82, 2.24) is 14.5 Å². The first-order chi connectivity index (χ1) is 15.6. The van der Waals surface area contributed by atoms with Crippen molar-refractivity contribution in [3.8, 4) is 5.75 Å². The minimum absolute atomic E-state index is 0.178. The van der Waals surface area contributed by atoms with Gasteiger partial charge in [0.2, 0.25) is 5.91 Å². The summed E-state index contributed by atoms with van der Waals surface area (Å²) in [6.07, 6.45) is 4.74. The van der Waals surface area contributed by atoms with E-state index in [1.165, 1.54) is 11.1 Å². The van der Waals surface area contributed by atoms with Gasteiger partial charge in [-0.25, -0.2) is 4.98 Å². The molecule has 0 radical (unpaired) electrons. The van der Waals surface area contributed by atoms with Crippen LogP contribution in [-0.2, 0) is 11.3 Å². The number of carbonyl (C=O) groups is 1. The van der Waals surface area contributed by atoms with Gasteiger partial charge in [-0.3, -0.25) is 4.79 Å². The van der Waals surface area contributed by atoms with Crippen LogP contribution < -0.4 is 4.74 Å². The van der Waals surface area contributed by atoms with Crippen molar-refractivity contribution >= 4 is 16.9 Å². The molecule has 1 aliphatic heterocycles. The first-order valence-electron chi connectivity index (χ1n) is 12.0. The van der Waals surface area contributed by atoms with Crippen molar-refractivity contribution in [2.24, 2.45) is 0 Å². The predicted octanol–water partition coefficient (Wildman–Crippen LogP) is 5.63. The molecule has 0 spiro atoms. The first kappa shape index (κ1) is 22.4. The minimum atomic E-state index is 0.178. The lowest BCUT2D eigenvalue weighted by molar-refractivity contribution is -0.127. The molecule has 0 saturated carbocycles. The van der Waals surface area contributed by atoms with Crippen LogP contribution in [0.3, 0.4) is 0 Å². The number of rotatable bonds is 10. The van der Waals surface area contributed by atoms with E-state index in [9.17, 15) is 4.79 Å². The second-order valence-electron chi connectivity index (χ2n) is 8.98. The third-order valence-electron chi connectivity index (χ3n) is 6.48. The average Bonchev–Trinajstić information content (AvgIpc) is 3.34. The zero-order chi connectivity index (χ0) is 22.5. The molecule has 170 valence electrons. The molecule has 0 aliphatic carbocycles. The van der Waals surface area contributed by atoms with Crippen LogP contribution in [0.15, 0.2) is 42.5 Å². The maximum Gasteiger partial charge on any atom is 0.223 e. The number of hydrogen-bond donors (Lipinski definition) is 0. The van der Waals surface area contributed by atoms with Gasteiger partial charge in [0.05, 0.1) is 17.6 Å². The molecule has 4 rings (SSSR count). The molecule has 0 N–H and O–H groups in total. The number of likely N-dealkylation sites (tertiary alicyclic amines) is 1. The van der Waals surface area contributed by atoms with Crippen molar-refractivity contribution in [2.45, 2.75) is 65.3 Å². The highest BCUT2D eigenvalue weighted by Gasteiger charge is 2.33. The van der Waals surface area contributed by atoms with Gasteiger partial charge in [-0.05, 0) is 56.4 Å². The van der Waals surface area contributed by atoms with Crippen molar-refractivity contribution in [3.05, 3.63) is 59.4 Å². The molecule has 0 unspecified atom stereocenters. The number of imidazole rings is 1. The monoisotopic (exact) mass is 433 g/mol. The highest BCUT2D eigenvalue weighted by Crippen LogP contribution is 2.31. The van der Waals surface area contributed by atoms with E-state index in [1.54, 1.807) is 0 Å². The Morgan fingerprint density at radius 3 is 2.56 bits per heavy atom. The number of para-hydroxylation sites is 3. The molecular weight excluding hydrogens is 398 g/mol. The topological polar surface area (TPSA) is 47.4 Å². The molecule has 1 fully saturated rings. The second-order valence-corrected chi connectivity index (χ2v) is 8.98. The smallest absolute Gasteiger partial charge is 0.223 e. The number of amides is 1. The summed E-state index contributed by atoms with van der Waals surface area (Å²) in [6, 6.07) is 14.6. The van der Waals surface area contributed by atoms with Crippen LogP contribution in [0, 0.1) is 13.8 Å². The van der Waals surface area contributed by atoms with Gasteiger partial charge in [-0.15, -0.1) is 0 Å². The van der Waals surface area contributed by atoms with E-state index < -0.39 is 0 Å². The van der Waals surface area contributed by atoms with Crippen LogP contribution in [0.2, 0.25) is 0 Å². The van der Waals surface area contributed by atoms with Gasteiger partial charge < -0.3 is 14.2 Å². The molecule has 3 aromatic rings. The van der Waals surface area contributed by atoms with Gasteiger partial charge in [0.15, 0.2) is 0 Å². The SMILES string of the molecule is CCCCN1C[C@H](c2nc3ccccc3n2CCCCOc2c(C)cccc2C)CC1=O. The van der Waals surface area contributed by atoms with E-state index >= 15 is 0 Å². The summed E-state index contributed by atoms with van der Waals surface area (Å²) < 4.78 is 8.44. The van der Waals surface area contributed by atoms with Gasteiger partial charge in [0.1, 0.15) is 11.6 Å². The lowest BCUT2D eigenvalue weighted by Gasteiger charge is -2.17. The van der Waals surface area contributed by atoms with Crippen LogP contribution in [0.5, 0.6) is 5.75 Å². The Labute approximate surface area is 191 Å². The molecule has 0 bridgehead atoms. The van der Waals surface area contributed by atoms with E-state index in [1.807, 2.05) is 11.0 Å². The summed E-state index contributed by atoms with van der Waals surface area (Å²) in [7, 11) is 0. The van der Waals surface area contributed by atoms with E-state index in [0.717, 1.165) is 67.9 Å². The lowest BCUT2D eigenvalue weighted by Crippen LogP contribution is -2.26. The van der Waals surface area contributed by atoms with Crippen molar-refractivity contribution in [1.29, 1.82) is 0 Å². The Bertz CT molecular complexity index is 1050.